The van der Waals surface area contributed by atoms with Gasteiger partial charge in [-0.05, 0) is 42.6 Å². The van der Waals surface area contributed by atoms with E-state index in [1.54, 1.807) is 42.6 Å². The van der Waals surface area contributed by atoms with Crippen LogP contribution in [-0.4, -0.2) is 20.9 Å². The minimum Gasteiger partial charge on any atom is -0.326 e. The van der Waals surface area contributed by atoms with E-state index >= 15 is 0 Å². The lowest BCUT2D eigenvalue weighted by Gasteiger charge is -2.11. The van der Waals surface area contributed by atoms with Crippen molar-refractivity contribution in [2.24, 2.45) is 0 Å². The van der Waals surface area contributed by atoms with Gasteiger partial charge in [-0.15, -0.1) is 11.3 Å². The van der Waals surface area contributed by atoms with Crippen LogP contribution in [0.5, 0.6) is 0 Å². The van der Waals surface area contributed by atoms with Crippen LogP contribution in [0, 0.1) is 0 Å². The van der Waals surface area contributed by atoms with E-state index in [1.807, 2.05) is 0 Å². The number of nitrogens with one attached hydrogen (secondary N) is 2. The highest BCUT2D eigenvalue weighted by molar-refractivity contribution is 7.17. The van der Waals surface area contributed by atoms with Crippen molar-refractivity contribution in [2.45, 2.75) is 26.9 Å². The van der Waals surface area contributed by atoms with E-state index in [0.29, 0.717) is 21.6 Å². The predicted octanol–water partition coefficient (Wildman–Crippen LogP) is 1.84. The molecule has 2 heterocycles. The lowest BCUT2D eigenvalue weighted by atomic mass is 10.2. The molecule has 0 aliphatic carbocycles. The van der Waals surface area contributed by atoms with Crippen molar-refractivity contribution in [1.82, 2.24) is 9.13 Å². The maximum Gasteiger partial charge on any atom is 0.331 e. The highest BCUT2D eigenvalue weighted by Gasteiger charge is 2.15. The fourth-order valence-corrected chi connectivity index (χ4v) is 3.59. The Kier molecular flexibility index (Phi) is 5.22. The zero-order valence-electron chi connectivity index (χ0n) is 14.8. The summed E-state index contributed by atoms with van der Waals surface area (Å²) in [6.07, 6.45) is 0. The van der Waals surface area contributed by atoms with Gasteiger partial charge in [0.1, 0.15) is 11.2 Å². The summed E-state index contributed by atoms with van der Waals surface area (Å²) < 4.78 is 2.87. The number of amides is 2. The first-order chi connectivity index (χ1) is 12.9. The lowest BCUT2D eigenvalue weighted by Crippen LogP contribution is -2.40. The van der Waals surface area contributed by atoms with Crippen LogP contribution in [0.25, 0.3) is 10.2 Å². The molecule has 2 amide bonds. The number of aromatic nitrogens is 2. The van der Waals surface area contributed by atoms with E-state index in [4.69, 9.17) is 0 Å². The number of carbonyl (C=O) groups is 2. The van der Waals surface area contributed by atoms with Crippen LogP contribution in [0.4, 0.5) is 11.4 Å². The maximum atomic E-state index is 12.6. The van der Waals surface area contributed by atoms with E-state index in [1.165, 1.54) is 22.8 Å². The highest BCUT2D eigenvalue weighted by Crippen LogP contribution is 2.16. The van der Waals surface area contributed by atoms with E-state index in [2.05, 4.69) is 10.6 Å². The smallest absolute Gasteiger partial charge is 0.326 e. The molecule has 0 fully saturated rings. The van der Waals surface area contributed by atoms with Crippen LogP contribution >= 0.6 is 11.3 Å². The molecule has 27 heavy (non-hydrogen) atoms. The first-order valence-corrected chi connectivity index (χ1v) is 9.17. The van der Waals surface area contributed by atoms with Gasteiger partial charge in [-0.3, -0.25) is 23.5 Å². The number of hydrogen-bond donors (Lipinski definition) is 2. The molecule has 0 aliphatic rings. The number of benzene rings is 1. The highest BCUT2D eigenvalue weighted by atomic mass is 32.1. The van der Waals surface area contributed by atoms with Crippen molar-refractivity contribution in [3.63, 3.8) is 0 Å². The number of rotatable bonds is 5. The van der Waals surface area contributed by atoms with Crippen LogP contribution in [-0.2, 0) is 22.7 Å². The molecule has 9 heteroatoms. The Morgan fingerprint density at radius 2 is 1.63 bits per heavy atom. The number of hydrogen-bond acceptors (Lipinski definition) is 5. The van der Waals surface area contributed by atoms with Crippen molar-refractivity contribution >= 4 is 44.7 Å². The van der Waals surface area contributed by atoms with Crippen LogP contribution < -0.4 is 21.9 Å². The van der Waals surface area contributed by atoms with Crippen LogP contribution in [0.15, 0.2) is 45.3 Å². The second-order valence-corrected chi connectivity index (χ2v) is 6.78. The van der Waals surface area contributed by atoms with Gasteiger partial charge in [0.2, 0.25) is 11.8 Å². The Hall–Kier alpha value is -3.20. The van der Waals surface area contributed by atoms with Gasteiger partial charge >= 0.3 is 5.69 Å². The molecule has 8 nitrogen and oxygen atoms in total. The molecule has 3 aromatic rings. The van der Waals surface area contributed by atoms with Crippen LogP contribution in [0.3, 0.4) is 0 Å². The third-order valence-electron chi connectivity index (χ3n) is 3.94. The minimum absolute atomic E-state index is 0.183. The Labute approximate surface area is 158 Å². The monoisotopic (exact) mass is 386 g/mol. The standard InChI is InChI=1S/C18H18N4O4S/c1-3-21-17(25)16-14(8-9-27-16)22(18(21)26)10-15(24)20-13-6-4-12(5-7-13)19-11(2)23/h4-9H,3,10H2,1-2H3,(H,19,23)(H,20,24). The Morgan fingerprint density at radius 3 is 2.22 bits per heavy atom. The summed E-state index contributed by atoms with van der Waals surface area (Å²) in [5.41, 5.74) is 0.761. The summed E-state index contributed by atoms with van der Waals surface area (Å²) in [5, 5.41) is 7.07. The first-order valence-electron chi connectivity index (χ1n) is 8.29. The van der Waals surface area contributed by atoms with E-state index < -0.39 is 11.6 Å². The van der Waals surface area contributed by atoms with Gasteiger partial charge in [-0.25, -0.2) is 4.79 Å². The fourth-order valence-electron chi connectivity index (χ4n) is 2.75. The summed E-state index contributed by atoms with van der Waals surface area (Å²) in [6, 6.07) is 8.30. The molecular weight excluding hydrogens is 368 g/mol. The van der Waals surface area contributed by atoms with Crippen molar-refractivity contribution in [1.29, 1.82) is 0 Å². The lowest BCUT2D eigenvalue weighted by molar-refractivity contribution is -0.117. The molecule has 0 bridgehead atoms. The number of fused-ring (bicyclic) bond motifs is 1. The zero-order valence-corrected chi connectivity index (χ0v) is 15.6. The van der Waals surface area contributed by atoms with Gasteiger partial charge in [0.05, 0.1) is 5.52 Å². The number of nitrogens with zero attached hydrogens (tertiary/aromatic N) is 2. The molecule has 2 aromatic heterocycles. The van der Waals surface area contributed by atoms with Gasteiger partial charge in [-0.1, -0.05) is 0 Å². The SMILES string of the molecule is CCn1c(=O)c2sccc2n(CC(=O)Nc2ccc(NC(C)=O)cc2)c1=O. The molecular formula is C18H18N4O4S. The molecule has 0 saturated heterocycles. The molecule has 0 saturated carbocycles. The second kappa shape index (κ2) is 7.58. The molecule has 140 valence electrons. The maximum absolute atomic E-state index is 12.6. The fraction of sp³-hybridized carbons (Fsp3) is 0.222. The zero-order chi connectivity index (χ0) is 19.6. The Bertz CT molecular complexity index is 1120. The minimum atomic E-state index is -0.510. The molecule has 0 radical (unpaired) electrons. The van der Waals surface area contributed by atoms with E-state index in [-0.39, 0.29) is 24.6 Å². The Morgan fingerprint density at radius 1 is 1.00 bits per heavy atom. The molecule has 3 rings (SSSR count). The van der Waals surface area contributed by atoms with Crippen molar-refractivity contribution in [3.05, 3.63) is 56.5 Å². The van der Waals surface area contributed by atoms with Gasteiger partial charge in [0, 0.05) is 24.8 Å². The molecule has 1 aromatic carbocycles. The number of carbonyl (C=O) groups excluding carboxylic acids is 2. The quantitative estimate of drug-likeness (QED) is 0.698. The topological polar surface area (TPSA) is 102 Å². The third-order valence-corrected chi connectivity index (χ3v) is 4.84. The van der Waals surface area contributed by atoms with Crippen molar-refractivity contribution in [3.8, 4) is 0 Å². The van der Waals surface area contributed by atoms with Gasteiger partial charge in [-0.2, -0.15) is 0 Å². The molecule has 0 spiro atoms. The average Bonchev–Trinajstić information content (AvgIpc) is 3.10. The second-order valence-electron chi connectivity index (χ2n) is 5.86. The normalized spacial score (nSPS) is 10.7. The van der Waals surface area contributed by atoms with E-state index in [9.17, 15) is 19.2 Å². The van der Waals surface area contributed by atoms with Gasteiger partial charge < -0.3 is 10.6 Å². The number of thiophene rings is 1. The molecule has 0 atom stereocenters. The summed E-state index contributed by atoms with van der Waals surface area (Å²) in [6.45, 7) is 3.15. The van der Waals surface area contributed by atoms with Crippen molar-refractivity contribution < 1.29 is 9.59 Å². The molecule has 2 N–H and O–H groups in total. The molecule has 0 aliphatic heterocycles. The van der Waals surface area contributed by atoms with Gasteiger partial charge in [0.15, 0.2) is 0 Å². The largest absolute Gasteiger partial charge is 0.331 e. The predicted molar refractivity (Wildman–Crippen MR) is 105 cm³/mol. The summed E-state index contributed by atoms with van der Waals surface area (Å²) >= 11 is 1.24. The van der Waals surface area contributed by atoms with Crippen LogP contribution in [0.1, 0.15) is 13.8 Å². The Balaban J connectivity index is 1.84. The average molecular weight is 386 g/mol. The third kappa shape index (κ3) is 3.82. The molecule has 0 unspecified atom stereocenters. The first kappa shape index (κ1) is 18.6. The summed E-state index contributed by atoms with van der Waals surface area (Å²) in [5.74, 6) is -0.574. The van der Waals surface area contributed by atoms with Crippen molar-refractivity contribution in [2.75, 3.05) is 10.6 Å². The summed E-state index contributed by atoms with van der Waals surface area (Å²) in [7, 11) is 0. The van der Waals surface area contributed by atoms with Gasteiger partial charge in [0.25, 0.3) is 5.56 Å². The van der Waals surface area contributed by atoms with Crippen LogP contribution in [0.2, 0.25) is 0 Å². The van der Waals surface area contributed by atoms with E-state index in [0.717, 1.165) is 4.57 Å². The number of anilines is 2. The summed E-state index contributed by atoms with van der Waals surface area (Å²) in [4.78, 5) is 48.3.